The first-order valence-corrected chi connectivity index (χ1v) is 8.40. The quantitative estimate of drug-likeness (QED) is 0.876. The zero-order chi connectivity index (χ0) is 17.6. The zero-order valence-corrected chi connectivity index (χ0v) is 14.1. The van der Waals surface area contributed by atoms with Crippen molar-refractivity contribution in [2.24, 2.45) is 5.16 Å². The Morgan fingerprint density at radius 2 is 1.96 bits per heavy atom. The molecule has 2 atom stereocenters. The van der Waals surface area contributed by atoms with Crippen molar-refractivity contribution in [3.05, 3.63) is 71.5 Å². The van der Waals surface area contributed by atoms with Crippen molar-refractivity contribution in [2.45, 2.75) is 31.8 Å². The lowest BCUT2D eigenvalue weighted by molar-refractivity contribution is -0.131. The average Bonchev–Trinajstić information content (AvgIpc) is 3.10. The van der Waals surface area contributed by atoms with Crippen LogP contribution in [0.1, 0.15) is 30.4 Å². The summed E-state index contributed by atoms with van der Waals surface area (Å²) in [6, 6.07) is 16.3. The van der Waals surface area contributed by atoms with Crippen molar-refractivity contribution in [3.63, 3.8) is 0 Å². The molecule has 0 aromatic heterocycles. The molecule has 0 saturated carbocycles. The Kier molecular flexibility index (Phi) is 5.43. The molecule has 2 aromatic rings. The molecule has 25 heavy (non-hydrogen) atoms. The number of hydrogen-bond acceptors (Lipinski definition) is 3. The Labute approximate surface area is 146 Å². The number of halogens is 1. The van der Waals surface area contributed by atoms with Gasteiger partial charge in [0.25, 0.3) is 5.91 Å². The Morgan fingerprint density at radius 1 is 1.24 bits per heavy atom. The Balaban J connectivity index is 1.46. The highest BCUT2D eigenvalue weighted by Crippen LogP contribution is 2.16. The van der Waals surface area contributed by atoms with Crippen molar-refractivity contribution >= 4 is 11.6 Å². The monoisotopic (exact) mass is 340 g/mol. The van der Waals surface area contributed by atoms with E-state index in [9.17, 15) is 9.18 Å². The molecule has 1 amide bonds. The number of nitrogens with one attached hydrogen (secondary N) is 1. The minimum Gasteiger partial charge on any atom is -0.382 e. The maximum atomic E-state index is 12.9. The van der Waals surface area contributed by atoms with E-state index in [4.69, 9.17) is 4.84 Å². The van der Waals surface area contributed by atoms with E-state index in [1.54, 1.807) is 12.1 Å². The van der Waals surface area contributed by atoms with Gasteiger partial charge < -0.3 is 10.2 Å². The summed E-state index contributed by atoms with van der Waals surface area (Å²) in [6.45, 7) is 2.62. The van der Waals surface area contributed by atoms with Crippen molar-refractivity contribution in [1.82, 2.24) is 5.32 Å². The molecule has 1 aliphatic rings. The van der Waals surface area contributed by atoms with E-state index in [0.717, 1.165) is 11.3 Å². The fraction of sp³-hybridized carbons (Fsp3) is 0.300. The molecule has 0 unspecified atom stereocenters. The van der Waals surface area contributed by atoms with Gasteiger partial charge in [0.15, 0.2) is 0 Å². The van der Waals surface area contributed by atoms with Crippen LogP contribution in [0.4, 0.5) is 4.39 Å². The van der Waals surface area contributed by atoms with E-state index in [-0.39, 0.29) is 17.6 Å². The van der Waals surface area contributed by atoms with Gasteiger partial charge in [-0.05, 0) is 29.2 Å². The van der Waals surface area contributed by atoms with Crippen molar-refractivity contribution < 1.29 is 14.0 Å². The lowest BCUT2D eigenvalue weighted by atomic mass is 10.0. The molecular weight excluding hydrogens is 319 g/mol. The highest BCUT2D eigenvalue weighted by atomic mass is 19.1. The minimum atomic E-state index is -0.585. The molecule has 0 saturated heterocycles. The maximum absolute atomic E-state index is 12.9. The number of carbonyl (C=O) groups is 1. The molecule has 0 bridgehead atoms. The highest BCUT2D eigenvalue weighted by molar-refractivity contribution is 5.93. The fourth-order valence-electron chi connectivity index (χ4n) is 2.78. The second kappa shape index (κ2) is 7.92. The van der Waals surface area contributed by atoms with Crippen LogP contribution in [0, 0.1) is 5.82 Å². The Bertz CT molecular complexity index is 744. The molecule has 3 rings (SSSR count). The van der Waals surface area contributed by atoms with Crippen LogP contribution in [-0.2, 0) is 16.1 Å². The predicted molar refractivity (Wildman–Crippen MR) is 94.9 cm³/mol. The van der Waals surface area contributed by atoms with E-state index in [1.807, 2.05) is 30.3 Å². The van der Waals surface area contributed by atoms with Crippen molar-refractivity contribution in [2.75, 3.05) is 6.54 Å². The van der Waals surface area contributed by atoms with Gasteiger partial charge in [0.1, 0.15) is 5.82 Å². The first-order chi connectivity index (χ1) is 12.1. The number of hydrogen-bond donors (Lipinski definition) is 1. The van der Waals surface area contributed by atoms with Crippen LogP contribution < -0.4 is 5.32 Å². The van der Waals surface area contributed by atoms with E-state index in [1.165, 1.54) is 17.7 Å². The molecule has 5 heteroatoms. The summed E-state index contributed by atoms with van der Waals surface area (Å²) in [5, 5.41) is 6.93. The number of oxime groups is 1. The van der Waals surface area contributed by atoms with Gasteiger partial charge in [0.05, 0.1) is 5.71 Å². The van der Waals surface area contributed by atoms with Crippen LogP contribution >= 0.6 is 0 Å². The molecule has 1 heterocycles. The first kappa shape index (κ1) is 17.1. The van der Waals surface area contributed by atoms with Gasteiger partial charge in [0, 0.05) is 19.4 Å². The predicted octanol–water partition coefficient (Wildman–Crippen LogP) is 3.43. The van der Waals surface area contributed by atoms with Crippen molar-refractivity contribution in [3.8, 4) is 0 Å². The van der Waals surface area contributed by atoms with Gasteiger partial charge in [-0.15, -0.1) is 0 Å². The van der Waals surface area contributed by atoms with E-state index in [2.05, 4.69) is 17.4 Å². The van der Waals surface area contributed by atoms with Gasteiger partial charge >= 0.3 is 0 Å². The summed E-state index contributed by atoms with van der Waals surface area (Å²) in [4.78, 5) is 17.5. The standard InChI is InChI=1S/C20H21FN2O2/c1-14(16-5-3-2-4-6-16)13-22-20(24)19-12-18(23-25-19)11-15-7-9-17(21)10-8-15/h2-10,14,19H,11-13H2,1H3,(H,22,24)/t14-,19+/m1/s1. The maximum Gasteiger partial charge on any atom is 0.264 e. The smallest absolute Gasteiger partial charge is 0.264 e. The fourth-order valence-corrected chi connectivity index (χ4v) is 2.78. The van der Waals surface area contributed by atoms with E-state index in [0.29, 0.717) is 19.4 Å². The van der Waals surface area contributed by atoms with Crippen LogP contribution in [0.15, 0.2) is 59.8 Å². The largest absolute Gasteiger partial charge is 0.382 e. The third-order valence-electron chi connectivity index (χ3n) is 4.30. The van der Waals surface area contributed by atoms with Crippen LogP contribution in [0.25, 0.3) is 0 Å². The SMILES string of the molecule is C[C@H](CNC(=O)[C@@H]1CC(Cc2ccc(F)cc2)=NO1)c1ccccc1. The third kappa shape index (κ3) is 4.66. The van der Waals surface area contributed by atoms with Crippen LogP contribution in [0.5, 0.6) is 0 Å². The molecule has 0 aliphatic carbocycles. The second-order valence-electron chi connectivity index (χ2n) is 6.32. The minimum absolute atomic E-state index is 0.152. The number of carbonyl (C=O) groups excluding carboxylic acids is 1. The van der Waals surface area contributed by atoms with Gasteiger partial charge in [0.2, 0.25) is 6.10 Å². The molecule has 1 aliphatic heterocycles. The van der Waals surface area contributed by atoms with Gasteiger partial charge in [-0.2, -0.15) is 0 Å². The van der Waals surface area contributed by atoms with Crippen LogP contribution in [0.2, 0.25) is 0 Å². The average molecular weight is 340 g/mol. The molecule has 0 spiro atoms. The number of rotatable bonds is 6. The normalized spacial score (nSPS) is 17.5. The Morgan fingerprint density at radius 3 is 2.68 bits per heavy atom. The Hall–Kier alpha value is -2.69. The first-order valence-electron chi connectivity index (χ1n) is 8.40. The number of amides is 1. The molecular formula is C20H21FN2O2. The van der Waals surface area contributed by atoms with E-state index >= 15 is 0 Å². The molecule has 0 radical (unpaired) electrons. The van der Waals surface area contributed by atoms with Gasteiger partial charge in [-0.1, -0.05) is 54.5 Å². The third-order valence-corrected chi connectivity index (χ3v) is 4.30. The lowest BCUT2D eigenvalue weighted by Crippen LogP contribution is -2.36. The molecule has 4 nitrogen and oxygen atoms in total. The van der Waals surface area contributed by atoms with E-state index < -0.39 is 6.10 Å². The molecule has 0 fully saturated rings. The summed E-state index contributed by atoms with van der Waals surface area (Å²) < 4.78 is 12.9. The van der Waals surface area contributed by atoms with Gasteiger partial charge in [-0.25, -0.2) is 4.39 Å². The summed E-state index contributed by atoms with van der Waals surface area (Å²) in [7, 11) is 0. The topological polar surface area (TPSA) is 50.7 Å². The van der Waals surface area contributed by atoms with Gasteiger partial charge in [-0.3, -0.25) is 4.79 Å². The second-order valence-corrected chi connectivity index (χ2v) is 6.32. The number of nitrogens with zero attached hydrogens (tertiary/aromatic N) is 1. The molecule has 1 N–H and O–H groups in total. The molecule has 130 valence electrons. The summed E-state index contributed by atoms with van der Waals surface area (Å²) in [6.07, 6.45) is 0.436. The summed E-state index contributed by atoms with van der Waals surface area (Å²) in [5.41, 5.74) is 2.92. The number of benzene rings is 2. The van der Waals surface area contributed by atoms with Crippen molar-refractivity contribution in [1.29, 1.82) is 0 Å². The van der Waals surface area contributed by atoms with Crippen LogP contribution in [-0.4, -0.2) is 24.3 Å². The lowest BCUT2D eigenvalue weighted by Gasteiger charge is -2.14. The zero-order valence-electron chi connectivity index (χ0n) is 14.1. The summed E-state index contributed by atoms with van der Waals surface area (Å²) >= 11 is 0. The summed E-state index contributed by atoms with van der Waals surface area (Å²) in [5.74, 6) is -0.190. The highest BCUT2D eigenvalue weighted by Gasteiger charge is 2.28. The van der Waals surface area contributed by atoms with Crippen LogP contribution in [0.3, 0.4) is 0 Å². The molecule has 2 aromatic carbocycles.